The maximum atomic E-state index is 12.6. The Balaban J connectivity index is 1.94. The molecule has 0 bridgehead atoms. The first-order valence-corrected chi connectivity index (χ1v) is 6.07. The number of hydrogen-bond acceptors (Lipinski definition) is 4. The van der Waals surface area contributed by atoms with Gasteiger partial charge in [0.2, 0.25) is 11.8 Å². The number of nitrogens with one attached hydrogen (secondary N) is 1. The average molecular weight is 268 g/mol. The highest BCUT2D eigenvalue weighted by molar-refractivity contribution is 8.14. The summed E-state index contributed by atoms with van der Waals surface area (Å²) in [5, 5.41) is 2.05. The third-order valence-corrected chi connectivity index (χ3v) is 3.13. The van der Waals surface area contributed by atoms with Gasteiger partial charge in [0, 0.05) is 5.69 Å². The molecule has 94 valence electrons. The maximum Gasteiger partial charge on any atom is 0.289 e. The van der Waals surface area contributed by atoms with Gasteiger partial charge in [0.25, 0.3) is 5.24 Å². The first kappa shape index (κ1) is 12.6. The zero-order valence-corrected chi connectivity index (χ0v) is 10.00. The van der Waals surface area contributed by atoms with Crippen LogP contribution in [0.25, 0.3) is 0 Å². The minimum absolute atomic E-state index is 0.0721. The summed E-state index contributed by atoms with van der Waals surface area (Å²) in [4.78, 5) is 35.0. The van der Waals surface area contributed by atoms with Gasteiger partial charge in [-0.2, -0.15) is 0 Å². The highest BCUT2D eigenvalue weighted by Gasteiger charge is 2.31. The topological polar surface area (TPSA) is 66.5 Å². The fourth-order valence-corrected chi connectivity index (χ4v) is 2.14. The molecule has 1 aromatic rings. The number of rotatable bonds is 3. The van der Waals surface area contributed by atoms with Crippen molar-refractivity contribution in [3.63, 3.8) is 0 Å². The molecule has 1 fully saturated rings. The molecule has 1 aliphatic rings. The summed E-state index contributed by atoms with van der Waals surface area (Å²) in [5.74, 6) is -1.21. The SMILES string of the molecule is O=C(CN1C(=O)CSC1=O)Nc1ccc(F)cc1. The van der Waals surface area contributed by atoms with E-state index in [4.69, 9.17) is 0 Å². The summed E-state index contributed by atoms with van der Waals surface area (Å²) in [6.45, 7) is -0.317. The van der Waals surface area contributed by atoms with Crippen LogP contribution in [0.2, 0.25) is 0 Å². The van der Waals surface area contributed by atoms with Crippen molar-refractivity contribution in [2.75, 3.05) is 17.6 Å². The molecule has 0 aromatic heterocycles. The predicted octanol–water partition coefficient (Wildman–Crippen LogP) is 1.46. The lowest BCUT2D eigenvalue weighted by Crippen LogP contribution is -2.36. The Morgan fingerprint density at radius 1 is 1.33 bits per heavy atom. The monoisotopic (exact) mass is 268 g/mol. The molecule has 0 radical (unpaired) electrons. The number of halogens is 1. The molecule has 1 aliphatic heterocycles. The van der Waals surface area contributed by atoms with Crippen molar-refractivity contribution < 1.29 is 18.8 Å². The number of carbonyl (C=O) groups excluding carboxylic acids is 3. The third-order valence-electron chi connectivity index (χ3n) is 2.27. The molecule has 0 atom stereocenters. The Kier molecular flexibility index (Phi) is 3.61. The number of anilines is 1. The van der Waals surface area contributed by atoms with Gasteiger partial charge in [0.1, 0.15) is 12.4 Å². The number of nitrogens with zero attached hydrogens (tertiary/aromatic N) is 1. The summed E-state index contributed by atoms with van der Waals surface area (Å²) in [5.41, 5.74) is 0.410. The van der Waals surface area contributed by atoms with Crippen LogP contribution in [0.3, 0.4) is 0 Å². The van der Waals surface area contributed by atoms with Crippen molar-refractivity contribution >= 4 is 34.5 Å². The lowest BCUT2D eigenvalue weighted by atomic mass is 10.3. The second kappa shape index (κ2) is 5.18. The van der Waals surface area contributed by atoms with E-state index in [1.807, 2.05) is 0 Å². The Morgan fingerprint density at radius 3 is 2.56 bits per heavy atom. The first-order valence-electron chi connectivity index (χ1n) is 5.09. The van der Waals surface area contributed by atoms with Crippen LogP contribution in [0, 0.1) is 5.82 Å². The van der Waals surface area contributed by atoms with E-state index in [0.29, 0.717) is 5.69 Å². The molecule has 0 aliphatic carbocycles. The van der Waals surface area contributed by atoms with Crippen LogP contribution in [0.15, 0.2) is 24.3 Å². The summed E-state index contributed by atoms with van der Waals surface area (Å²) in [6, 6.07) is 5.21. The van der Waals surface area contributed by atoms with Gasteiger partial charge in [-0.25, -0.2) is 4.39 Å². The summed E-state index contributed by atoms with van der Waals surface area (Å²) >= 11 is 0.872. The lowest BCUT2D eigenvalue weighted by Gasteiger charge is -2.12. The normalized spacial score (nSPS) is 15.1. The van der Waals surface area contributed by atoms with Crippen LogP contribution < -0.4 is 5.32 Å². The second-order valence-electron chi connectivity index (χ2n) is 3.59. The van der Waals surface area contributed by atoms with E-state index in [9.17, 15) is 18.8 Å². The number of thioether (sulfide) groups is 1. The van der Waals surface area contributed by atoms with Gasteiger partial charge in [-0.3, -0.25) is 19.3 Å². The molecule has 1 N–H and O–H groups in total. The van der Waals surface area contributed by atoms with Crippen LogP contribution in [-0.2, 0) is 9.59 Å². The zero-order chi connectivity index (χ0) is 13.1. The van der Waals surface area contributed by atoms with Crippen molar-refractivity contribution in [2.24, 2.45) is 0 Å². The second-order valence-corrected chi connectivity index (χ2v) is 4.52. The fraction of sp³-hybridized carbons (Fsp3) is 0.182. The highest BCUT2D eigenvalue weighted by Crippen LogP contribution is 2.18. The Morgan fingerprint density at radius 2 is 2.00 bits per heavy atom. The molecule has 0 saturated carbocycles. The van der Waals surface area contributed by atoms with Crippen molar-refractivity contribution in [2.45, 2.75) is 0 Å². The molecule has 1 aromatic carbocycles. The van der Waals surface area contributed by atoms with Crippen LogP contribution in [0.5, 0.6) is 0 Å². The molecule has 18 heavy (non-hydrogen) atoms. The molecule has 1 heterocycles. The van der Waals surface area contributed by atoms with Gasteiger partial charge in [-0.1, -0.05) is 11.8 Å². The number of carbonyl (C=O) groups is 3. The minimum atomic E-state index is -0.495. The van der Waals surface area contributed by atoms with Gasteiger partial charge < -0.3 is 5.32 Å². The minimum Gasteiger partial charge on any atom is -0.325 e. The Hall–Kier alpha value is -1.89. The van der Waals surface area contributed by atoms with Crippen molar-refractivity contribution in [1.82, 2.24) is 4.90 Å². The molecule has 1 saturated heterocycles. The van der Waals surface area contributed by atoms with Crippen LogP contribution in [0.1, 0.15) is 0 Å². The van der Waals surface area contributed by atoms with Crippen molar-refractivity contribution in [3.8, 4) is 0 Å². The molecule has 7 heteroatoms. The Labute approximate surface area is 106 Å². The van der Waals surface area contributed by atoms with Gasteiger partial charge in [-0.15, -0.1) is 0 Å². The number of hydrogen-bond donors (Lipinski definition) is 1. The smallest absolute Gasteiger partial charge is 0.289 e. The van der Waals surface area contributed by atoms with Crippen LogP contribution in [-0.4, -0.2) is 34.3 Å². The molecule has 5 nitrogen and oxygen atoms in total. The number of amides is 3. The van der Waals surface area contributed by atoms with E-state index in [0.717, 1.165) is 16.7 Å². The van der Waals surface area contributed by atoms with E-state index in [1.165, 1.54) is 24.3 Å². The molecule has 0 unspecified atom stereocenters. The maximum absolute atomic E-state index is 12.6. The number of benzene rings is 1. The molecular weight excluding hydrogens is 259 g/mol. The van der Waals surface area contributed by atoms with Gasteiger partial charge in [-0.05, 0) is 24.3 Å². The summed E-state index contributed by atoms with van der Waals surface area (Å²) in [7, 11) is 0. The van der Waals surface area contributed by atoms with Gasteiger partial charge >= 0.3 is 0 Å². The molecule has 3 amide bonds. The van der Waals surface area contributed by atoms with E-state index in [-0.39, 0.29) is 18.2 Å². The largest absolute Gasteiger partial charge is 0.325 e. The summed E-state index contributed by atoms with van der Waals surface area (Å²) in [6.07, 6.45) is 0. The first-order chi connectivity index (χ1) is 8.56. The zero-order valence-electron chi connectivity index (χ0n) is 9.18. The average Bonchev–Trinajstić information content (AvgIpc) is 2.64. The van der Waals surface area contributed by atoms with Crippen molar-refractivity contribution in [3.05, 3.63) is 30.1 Å². The number of imide groups is 1. The molecular formula is C11H9FN2O3S. The Bertz CT molecular complexity index is 488. The van der Waals surface area contributed by atoms with E-state index >= 15 is 0 Å². The van der Waals surface area contributed by atoms with Crippen LogP contribution in [0.4, 0.5) is 14.9 Å². The van der Waals surface area contributed by atoms with Crippen molar-refractivity contribution in [1.29, 1.82) is 0 Å². The fourth-order valence-electron chi connectivity index (χ4n) is 1.41. The predicted molar refractivity (Wildman–Crippen MR) is 64.6 cm³/mol. The quantitative estimate of drug-likeness (QED) is 0.901. The third kappa shape index (κ3) is 2.86. The van der Waals surface area contributed by atoms with E-state index in [1.54, 1.807) is 0 Å². The van der Waals surface area contributed by atoms with E-state index < -0.39 is 17.0 Å². The van der Waals surface area contributed by atoms with Crippen LogP contribution >= 0.6 is 11.8 Å². The van der Waals surface area contributed by atoms with E-state index in [2.05, 4.69) is 5.32 Å². The summed E-state index contributed by atoms with van der Waals surface area (Å²) < 4.78 is 12.6. The lowest BCUT2D eigenvalue weighted by molar-refractivity contribution is -0.128. The molecule has 0 spiro atoms. The molecule has 2 rings (SSSR count). The van der Waals surface area contributed by atoms with Gasteiger partial charge in [0.15, 0.2) is 0 Å². The van der Waals surface area contributed by atoms with Gasteiger partial charge in [0.05, 0.1) is 5.75 Å². The standard InChI is InChI=1S/C11H9FN2O3S/c12-7-1-3-8(4-2-7)13-9(15)5-14-10(16)6-18-11(14)17/h1-4H,5-6H2,(H,13,15). The highest BCUT2D eigenvalue weighted by atomic mass is 32.2.